The fraction of sp³-hybridized carbons (Fsp3) is 0.455. The second kappa shape index (κ2) is 5.19. The topological polar surface area (TPSA) is 63.6 Å². The van der Waals surface area contributed by atoms with Crippen LogP contribution in [0, 0.1) is 11.6 Å². The van der Waals surface area contributed by atoms with Gasteiger partial charge in [-0.2, -0.15) is 0 Å². The van der Waals surface area contributed by atoms with Crippen LogP contribution in [0.25, 0.3) is 0 Å². The summed E-state index contributed by atoms with van der Waals surface area (Å²) >= 11 is 0. The Hall–Kier alpha value is -1.21. The van der Waals surface area contributed by atoms with Crippen molar-refractivity contribution in [2.24, 2.45) is 0 Å². The normalized spacial score (nSPS) is 13.4. The van der Waals surface area contributed by atoms with Gasteiger partial charge in [-0.05, 0) is 13.0 Å². The van der Waals surface area contributed by atoms with Crippen molar-refractivity contribution in [1.29, 1.82) is 0 Å². The van der Waals surface area contributed by atoms with Gasteiger partial charge in [-0.15, -0.1) is 0 Å². The second-order valence-electron chi connectivity index (χ2n) is 4.02. The van der Waals surface area contributed by atoms with Crippen LogP contribution in [-0.4, -0.2) is 33.0 Å². The number of rotatable bonds is 4. The molecule has 18 heavy (non-hydrogen) atoms. The Morgan fingerprint density at radius 3 is 2.39 bits per heavy atom. The standard InChI is InChI=1S/C11H14F2O4S/c1-6(14)4-7-5-8(12)11(18(3,15)16)9(13)10(7)17-2/h5-6,14H,4H2,1-3H3. The fourth-order valence-corrected chi connectivity index (χ4v) is 2.49. The van der Waals surface area contributed by atoms with Gasteiger partial charge in [0.25, 0.3) is 0 Å². The molecule has 1 rings (SSSR count). The molecule has 1 aromatic carbocycles. The van der Waals surface area contributed by atoms with Gasteiger partial charge in [-0.1, -0.05) is 0 Å². The lowest BCUT2D eigenvalue weighted by Gasteiger charge is -2.14. The highest BCUT2D eigenvalue weighted by Crippen LogP contribution is 2.31. The van der Waals surface area contributed by atoms with Crippen LogP contribution in [0.15, 0.2) is 11.0 Å². The largest absolute Gasteiger partial charge is 0.493 e. The monoisotopic (exact) mass is 280 g/mol. The Kier molecular flexibility index (Phi) is 4.28. The highest BCUT2D eigenvalue weighted by molar-refractivity contribution is 7.90. The number of hydrogen-bond acceptors (Lipinski definition) is 4. The summed E-state index contributed by atoms with van der Waals surface area (Å²) in [5, 5.41) is 9.22. The van der Waals surface area contributed by atoms with Crippen LogP contribution >= 0.6 is 0 Å². The molecule has 1 atom stereocenters. The molecule has 1 N–H and O–H groups in total. The van der Waals surface area contributed by atoms with E-state index in [1.807, 2.05) is 0 Å². The lowest BCUT2D eigenvalue weighted by Crippen LogP contribution is -2.11. The molecular formula is C11H14F2O4S. The maximum atomic E-state index is 13.9. The number of aliphatic hydroxyl groups excluding tert-OH is 1. The predicted molar refractivity (Wildman–Crippen MR) is 61.4 cm³/mol. The minimum Gasteiger partial charge on any atom is -0.493 e. The van der Waals surface area contributed by atoms with Gasteiger partial charge < -0.3 is 9.84 Å². The maximum absolute atomic E-state index is 13.9. The molecule has 0 saturated carbocycles. The molecule has 0 aliphatic heterocycles. The van der Waals surface area contributed by atoms with Crippen LogP contribution in [0.5, 0.6) is 5.75 Å². The summed E-state index contributed by atoms with van der Waals surface area (Å²) in [6.07, 6.45) is -0.162. The number of ether oxygens (including phenoxy) is 1. The third-order valence-electron chi connectivity index (χ3n) is 2.30. The summed E-state index contributed by atoms with van der Waals surface area (Å²) < 4.78 is 54.9. The predicted octanol–water partition coefficient (Wildman–Crippen LogP) is 1.30. The van der Waals surface area contributed by atoms with Crippen LogP contribution in [0.3, 0.4) is 0 Å². The molecule has 1 aromatic rings. The lowest BCUT2D eigenvalue weighted by atomic mass is 10.1. The van der Waals surface area contributed by atoms with Crippen molar-refractivity contribution < 1.29 is 27.0 Å². The Labute approximate surface area is 104 Å². The molecule has 0 aliphatic carbocycles. The molecule has 1 unspecified atom stereocenters. The van der Waals surface area contributed by atoms with E-state index >= 15 is 0 Å². The zero-order chi connectivity index (χ0) is 14.1. The molecule has 0 saturated heterocycles. The summed E-state index contributed by atoms with van der Waals surface area (Å²) in [5.74, 6) is -2.82. The van der Waals surface area contributed by atoms with E-state index in [0.29, 0.717) is 6.26 Å². The van der Waals surface area contributed by atoms with E-state index in [4.69, 9.17) is 4.74 Å². The molecule has 0 amide bonds. The Balaban J connectivity index is 3.55. The minimum absolute atomic E-state index is 0.0406. The third kappa shape index (κ3) is 2.97. The van der Waals surface area contributed by atoms with Crippen molar-refractivity contribution >= 4 is 9.84 Å². The van der Waals surface area contributed by atoms with E-state index in [-0.39, 0.29) is 17.7 Å². The fourth-order valence-electron chi connectivity index (χ4n) is 1.66. The van der Waals surface area contributed by atoms with E-state index in [1.54, 1.807) is 0 Å². The molecular weight excluding hydrogens is 266 g/mol. The summed E-state index contributed by atoms with van der Waals surface area (Å²) in [4.78, 5) is -1.02. The number of hydrogen-bond donors (Lipinski definition) is 1. The van der Waals surface area contributed by atoms with Crippen molar-refractivity contribution in [2.75, 3.05) is 13.4 Å². The molecule has 0 aliphatic rings. The molecule has 0 aromatic heterocycles. The summed E-state index contributed by atoms with van der Waals surface area (Å²) in [6.45, 7) is 1.44. The average molecular weight is 280 g/mol. The summed E-state index contributed by atoms with van der Waals surface area (Å²) in [7, 11) is -2.89. The molecule has 7 heteroatoms. The molecule has 102 valence electrons. The van der Waals surface area contributed by atoms with Gasteiger partial charge in [0.2, 0.25) is 0 Å². The maximum Gasteiger partial charge on any atom is 0.186 e. The van der Waals surface area contributed by atoms with Crippen molar-refractivity contribution in [3.63, 3.8) is 0 Å². The molecule has 0 radical (unpaired) electrons. The molecule has 0 bridgehead atoms. The van der Waals surface area contributed by atoms with Crippen LogP contribution in [0.1, 0.15) is 12.5 Å². The van der Waals surface area contributed by atoms with Crippen LogP contribution in [0.2, 0.25) is 0 Å². The van der Waals surface area contributed by atoms with Gasteiger partial charge >= 0.3 is 0 Å². The van der Waals surface area contributed by atoms with Crippen molar-refractivity contribution in [3.05, 3.63) is 23.3 Å². The van der Waals surface area contributed by atoms with Crippen LogP contribution in [-0.2, 0) is 16.3 Å². The van der Waals surface area contributed by atoms with Gasteiger partial charge in [-0.25, -0.2) is 17.2 Å². The number of benzene rings is 1. The lowest BCUT2D eigenvalue weighted by molar-refractivity contribution is 0.193. The van der Waals surface area contributed by atoms with E-state index in [0.717, 1.165) is 13.2 Å². The van der Waals surface area contributed by atoms with E-state index in [1.165, 1.54) is 6.92 Å². The quantitative estimate of drug-likeness (QED) is 0.903. The number of aliphatic hydroxyl groups is 1. The van der Waals surface area contributed by atoms with Crippen LogP contribution in [0.4, 0.5) is 8.78 Å². The molecule has 4 nitrogen and oxygen atoms in total. The first-order valence-electron chi connectivity index (χ1n) is 5.11. The number of halogens is 2. The van der Waals surface area contributed by atoms with Crippen molar-refractivity contribution in [2.45, 2.75) is 24.3 Å². The first-order chi connectivity index (χ1) is 8.18. The van der Waals surface area contributed by atoms with Crippen LogP contribution < -0.4 is 4.74 Å². The third-order valence-corrected chi connectivity index (χ3v) is 3.41. The number of sulfone groups is 1. The Morgan fingerprint density at radius 1 is 1.44 bits per heavy atom. The Bertz CT molecular complexity index is 553. The van der Waals surface area contributed by atoms with Gasteiger partial charge in [0.1, 0.15) is 10.7 Å². The van der Waals surface area contributed by atoms with Gasteiger partial charge in [0, 0.05) is 18.2 Å². The zero-order valence-electron chi connectivity index (χ0n) is 10.2. The zero-order valence-corrected chi connectivity index (χ0v) is 11.0. The number of methoxy groups -OCH3 is 1. The van der Waals surface area contributed by atoms with Gasteiger partial charge in [0.15, 0.2) is 21.4 Å². The molecule has 0 fully saturated rings. The molecule has 0 spiro atoms. The average Bonchev–Trinajstić information content (AvgIpc) is 2.13. The SMILES string of the molecule is COc1c(CC(C)O)cc(F)c(S(C)(=O)=O)c1F. The van der Waals surface area contributed by atoms with Gasteiger partial charge in [0.05, 0.1) is 13.2 Å². The highest BCUT2D eigenvalue weighted by Gasteiger charge is 2.26. The first-order valence-corrected chi connectivity index (χ1v) is 7.00. The van der Waals surface area contributed by atoms with Crippen molar-refractivity contribution in [1.82, 2.24) is 0 Å². The smallest absolute Gasteiger partial charge is 0.186 e. The van der Waals surface area contributed by atoms with E-state index < -0.39 is 32.5 Å². The highest BCUT2D eigenvalue weighted by atomic mass is 32.2. The van der Waals surface area contributed by atoms with E-state index in [9.17, 15) is 22.3 Å². The summed E-state index contributed by atoms with van der Waals surface area (Å²) in [5.41, 5.74) is 0.0786. The van der Waals surface area contributed by atoms with Crippen molar-refractivity contribution in [3.8, 4) is 5.75 Å². The second-order valence-corrected chi connectivity index (χ2v) is 5.97. The summed E-state index contributed by atoms with van der Waals surface area (Å²) in [6, 6.07) is 0.866. The Morgan fingerprint density at radius 2 is 2.00 bits per heavy atom. The van der Waals surface area contributed by atoms with E-state index in [2.05, 4.69) is 0 Å². The van der Waals surface area contributed by atoms with Gasteiger partial charge in [-0.3, -0.25) is 0 Å². The molecule has 0 heterocycles. The first kappa shape index (κ1) is 14.8. The minimum atomic E-state index is -4.03.